The number of halogens is 1. The standard InChI is InChI=1S/C20H19ClN2O3/c1-12-2-3-14(8-12)17(24)9-23-11-22-19-18(20(23)25)16(10-26-19)13-4-6-15(21)7-5-13/h4-7,10-12,14H,2-3,8-9H2,1H3. The summed E-state index contributed by atoms with van der Waals surface area (Å²) >= 11 is 5.94. The Hall–Kier alpha value is -2.40. The summed E-state index contributed by atoms with van der Waals surface area (Å²) < 4.78 is 6.84. The minimum absolute atomic E-state index is 0.0488. The van der Waals surface area contributed by atoms with Gasteiger partial charge in [0.1, 0.15) is 18.0 Å². The zero-order chi connectivity index (χ0) is 18.3. The highest BCUT2D eigenvalue weighted by atomic mass is 35.5. The fraction of sp³-hybridized carbons (Fsp3) is 0.350. The van der Waals surface area contributed by atoms with Gasteiger partial charge < -0.3 is 4.42 Å². The van der Waals surface area contributed by atoms with E-state index in [0.717, 1.165) is 24.8 Å². The SMILES string of the molecule is CC1CCC(C(=O)Cn2cnc3occ(-c4ccc(Cl)cc4)c3c2=O)C1. The molecule has 1 aliphatic rings. The Morgan fingerprint density at radius 3 is 2.77 bits per heavy atom. The van der Waals surface area contributed by atoms with Crippen LogP contribution in [0.15, 0.2) is 46.1 Å². The van der Waals surface area contributed by atoms with Crippen LogP contribution >= 0.6 is 11.6 Å². The van der Waals surface area contributed by atoms with E-state index in [4.69, 9.17) is 16.0 Å². The van der Waals surface area contributed by atoms with Gasteiger partial charge in [-0.2, -0.15) is 0 Å². The molecule has 0 N–H and O–H groups in total. The predicted molar refractivity (Wildman–Crippen MR) is 100 cm³/mol. The summed E-state index contributed by atoms with van der Waals surface area (Å²) in [7, 11) is 0. The van der Waals surface area contributed by atoms with Gasteiger partial charge in [-0.3, -0.25) is 14.2 Å². The van der Waals surface area contributed by atoms with E-state index in [1.165, 1.54) is 17.2 Å². The van der Waals surface area contributed by atoms with E-state index in [1.54, 1.807) is 12.1 Å². The van der Waals surface area contributed by atoms with Crippen molar-refractivity contribution >= 4 is 28.5 Å². The highest BCUT2D eigenvalue weighted by molar-refractivity contribution is 6.30. The lowest BCUT2D eigenvalue weighted by molar-refractivity contribution is -0.123. The van der Waals surface area contributed by atoms with Gasteiger partial charge in [0.15, 0.2) is 5.78 Å². The van der Waals surface area contributed by atoms with Crippen molar-refractivity contribution in [3.05, 3.63) is 52.2 Å². The highest BCUT2D eigenvalue weighted by Crippen LogP contribution is 2.31. The van der Waals surface area contributed by atoms with Crippen LogP contribution in [-0.2, 0) is 11.3 Å². The first kappa shape index (κ1) is 17.0. The van der Waals surface area contributed by atoms with Crippen molar-refractivity contribution in [2.75, 3.05) is 0 Å². The van der Waals surface area contributed by atoms with Gasteiger partial charge in [0.2, 0.25) is 5.71 Å². The molecule has 26 heavy (non-hydrogen) atoms. The summed E-state index contributed by atoms with van der Waals surface area (Å²) in [6, 6.07) is 7.17. The summed E-state index contributed by atoms with van der Waals surface area (Å²) in [6.45, 7) is 2.22. The maximum absolute atomic E-state index is 13.0. The molecule has 2 heterocycles. The summed E-state index contributed by atoms with van der Waals surface area (Å²) in [6.07, 6.45) is 5.81. The van der Waals surface area contributed by atoms with Crippen molar-refractivity contribution in [1.29, 1.82) is 0 Å². The normalized spacial score (nSPS) is 19.9. The highest BCUT2D eigenvalue weighted by Gasteiger charge is 2.27. The summed E-state index contributed by atoms with van der Waals surface area (Å²) in [5.74, 6) is 0.730. The van der Waals surface area contributed by atoms with Crippen molar-refractivity contribution in [3.63, 3.8) is 0 Å². The molecule has 1 aromatic carbocycles. The van der Waals surface area contributed by atoms with Crippen LogP contribution in [0.4, 0.5) is 0 Å². The molecule has 2 aromatic heterocycles. The molecule has 0 saturated heterocycles. The molecular formula is C20H19ClN2O3. The molecule has 5 nitrogen and oxygen atoms in total. The maximum Gasteiger partial charge on any atom is 0.265 e. The summed E-state index contributed by atoms with van der Waals surface area (Å²) in [5, 5.41) is 1.01. The molecule has 1 saturated carbocycles. The number of rotatable bonds is 4. The number of hydrogen-bond acceptors (Lipinski definition) is 4. The van der Waals surface area contributed by atoms with E-state index in [-0.39, 0.29) is 29.5 Å². The zero-order valence-electron chi connectivity index (χ0n) is 14.4. The molecule has 3 aromatic rings. The van der Waals surface area contributed by atoms with Gasteiger partial charge >= 0.3 is 0 Å². The predicted octanol–water partition coefficient (Wildman–Crippen LogP) is 4.32. The van der Waals surface area contributed by atoms with Gasteiger partial charge in [-0.1, -0.05) is 30.7 Å². The molecule has 1 fully saturated rings. The Morgan fingerprint density at radius 1 is 1.31 bits per heavy atom. The average molecular weight is 371 g/mol. The number of aromatic nitrogens is 2. The molecule has 0 spiro atoms. The van der Waals surface area contributed by atoms with Crippen molar-refractivity contribution < 1.29 is 9.21 Å². The van der Waals surface area contributed by atoms with Gasteiger partial charge in [-0.15, -0.1) is 0 Å². The van der Waals surface area contributed by atoms with E-state index >= 15 is 0 Å². The summed E-state index contributed by atoms with van der Waals surface area (Å²) in [5.41, 5.74) is 1.50. The quantitative estimate of drug-likeness (QED) is 0.686. The minimum atomic E-state index is -0.256. The van der Waals surface area contributed by atoms with E-state index in [9.17, 15) is 9.59 Å². The van der Waals surface area contributed by atoms with Crippen LogP contribution < -0.4 is 5.56 Å². The topological polar surface area (TPSA) is 65.1 Å². The van der Waals surface area contributed by atoms with E-state index in [2.05, 4.69) is 11.9 Å². The van der Waals surface area contributed by atoms with Crippen molar-refractivity contribution in [2.24, 2.45) is 11.8 Å². The summed E-state index contributed by atoms with van der Waals surface area (Å²) in [4.78, 5) is 29.7. The Kier molecular flexibility index (Phi) is 4.41. The molecule has 4 rings (SSSR count). The molecule has 0 amide bonds. The van der Waals surface area contributed by atoms with Crippen LogP contribution in [0.3, 0.4) is 0 Å². The number of hydrogen-bond donors (Lipinski definition) is 0. The minimum Gasteiger partial charge on any atom is -0.445 e. The average Bonchev–Trinajstić information content (AvgIpc) is 3.25. The molecule has 0 bridgehead atoms. The molecule has 1 aliphatic carbocycles. The van der Waals surface area contributed by atoms with Crippen molar-refractivity contribution in [2.45, 2.75) is 32.7 Å². The van der Waals surface area contributed by atoms with Crippen molar-refractivity contribution in [1.82, 2.24) is 9.55 Å². The lowest BCUT2D eigenvalue weighted by Gasteiger charge is -2.10. The van der Waals surface area contributed by atoms with Gasteiger partial charge in [0.05, 0.1) is 6.54 Å². The third-order valence-corrected chi connectivity index (χ3v) is 5.44. The van der Waals surface area contributed by atoms with Crippen molar-refractivity contribution in [3.8, 4) is 11.1 Å². The van der Waals surface area contributed by atoms with Crippen LogP contribution in [0.25, 0.3) is 22.2 Å². The third-order valence-electron chi connectivity index (χ3n) is 5.19. The lowest BCUT2D eigenvalue weighted by atomic mass is 10.0. The number of ketones is 1. The largest absolute Gasteiger partial charge is 0.445 e. The molecule has 0 aliphatic heterocycles. The van der Waals surface area contributed by atoms with Gasteiger partial charge in [-0.25, -0.2) is 4.98 Å². The first-order valence-electron chi connectivity index (χ1n) is 8.78. The number of benzene rings is 1. The van der Waals surface area contributed by atoms with E-state index < -0.39 is 0 Å². The van der Waals surface area contributed by atoms with Crippen LogP contribution in [0, 0.1) is 11.8 Å². The van der Waals surface area contributed by atoms with Gasteiger partial charge in [0, 0.05) is 16.5 Å². The van der Waals surface area contributed by atoms with Crippen LogP contribution in [0.2, 0.25) is 5.02 Å². The number of carbonyl (C=O) groups is 1. The number of carbonyl (C=O) groups excluding carboxylic acids is 1. The molecule has 6 heteroatoms. The zero-order valence-corrected chi connectivity index (χ0v) is 15.2. The number of Topliss-reactive ketones (excluding diaryl/α,β-unsaturated/α-hetero) is 1. The fourth-order valence-corrected chi connectivity index (χ4v) is 3.84. The first-order chi connectivity index (χ1) is 12.5. The van der Waals surface area contributed by atoms with Crippen LogP contribution in [0.5, 0.6) is 0 Å². The fourth-order valence-electron chi connectivity index (χ4n) is 3.72. The second-order valence-corrected chi connectivity index (χ2v) is 7.53. The Morgan fingerprint density at radius 2 is 2.08 bits per heavy atom. The Balaban J connectivity index is 1.70. The monoisotopic (exact) mass is 370 g/mol. The van der Waals surface area contributed by atoms with Crippen LogP contribution in [-0.4, -0.2) is 15.3 Å². The Labute approximate surface area is 155 Å². The molecule has 2 atom stereocenters. The Bertz CT molecular complexity index is 1020. The molecule has 134 valence electrons. The molecule has 2 unspecified atom stereocenters. The van der Waals surface area contributed by atoms with Crippen LogP contribution in [0.1, 0.15) is 26.2 Å². The number of fused-ring (bicyclic) bond motifs is 1. The van der Waals surface area contributed by atoms with E-state index in [0.29, 0.717) is 21.9 Å². The van der Waals surface area contributed by atoms with Gasteiger partial charge in [-0.05, 0) is 42.9 Å². The lowest BCUT2D eigenvalue weighted by Crippen LogP contribution is -2.27. The molecule has 0 radical (unpaired) electrons. The van der Waals surface area contributed by atoms with Gasteiger partial charge in [0.25, 0.3) is 5.56 Å². The smallest absolute Gasteiger partial charge is 0.265 e. The number of furan rings is 1. The number of nitrogens with zero attached hydrogens (tertiary/aromatic N) is 2. The maximum atomic E-state index is 13.0. The third kappa shape index (κ3) is 3.07. The molecular weight excluding hydrogens is 352 g/mol. The van der Waals surface area contributed by atoms with E-state index in [1.807, 2.05) is 12.1 Å². The second-order valence-electron chi connectivity index (χ2n) is 7.10. The second kappa shape index (κ2) is 6.72. The first-order valence-corrected chi connectivity index (χ1v) is 9.16.